The number of carboxylic acids is 1. The van der Waals surface area contributed by atoms with Crippen molar-refractivity contribution in [3.05, 3.63) is 70.6 Å². The highest BCUT2D eigenvalue weighted by atomic mass is 16.4. The van der Waals surface area contributed by atoms with Crippen LogP contribution in [0.25, 0.3) is 33.4 Å². The monoisotopic (exact) mass is 514 g/mol. The van der Waals surface area contributed by atoms with E-state index in [9.17, 15) is 9.59 Å². The Balaban J connectivity index is 1.99. The molecule has 2 aromatic carbocycles. The van der Waals surface area contributed by atoms with Gasteiger partial charge in [-0.25, -0.2) is 4.99 Å². The predicted molar refractivity (Wildman–Crippen MR) is 150 cm³/mol. The van der Waals surface area contributed by atoms with Crippen molar-refractivity contribution in [2.45, 2.75) is 40.5 Å². The number of aryl methyl sites for hydroxylation is 2. The Kier molecular flexibility index (Phi) is 8.15. The molecule has 0 atom stereocenters. The summed E-state index contributed by atoms with van der Waals surface area (Å²) in [6.45, 7) is 10.2. The second kappa shape index (κ2) is 11.5. The molecule has 2 aromatic rings. The fraction of sp³-hybridized carbons (Fsp3) is 0.323. The lowest BCUT2D eigenvalue weighted by molar-refractivity contribution is -0.496. The molecule has 0 bridgehead atoms. The summed E-state index contributed by atoms with van der Waals surface area (Å²) in [6, 6.07) is 15.9. The van der Waals surface area contributed by atoms with Crippen LogP contribution in [0.4, 0.5) is 5.69 Å². The molecule has 0 aromatic heterocycles. The van der Waals surface area contributed by atoms with Crippen LogP contribution in [-0.2, 0) is 4.79 Å². The molecule has 0 radical (unpaired) electrons. The van der Waals surface area contributed by atoms with Gasteiger partial charge in [-0.3, -0.25) is 9.59 Å². The van der Waals surface area contributed by atoms with E-state index in [2.05, 4.69) is 50.1 Å². The molecule has 0 spiro atoms. The Labute approximate surface area is 223 Å². The standard InChI is InChI=1S/C31H35N3O4/c1-6-32-25-17-27-23(15-19(25)3)30(24-16-20(4)26(33-7-2)18-28(24)38-27)21-11-8-9-12-22(21)31(37)34(5)14-10-13-29(35)36/h8-9,11-12,15-18,32H,6-7,10,13-14H2,1-5H3,(H,35,36)/p+1. The van der Waals surface area contributed by atoms with Crippen LogP contribution < -0.4 is 15.7 Å². The number of fused-ring (bicyclic) bond motifs is 2. The smallest absolute Gasteiger partial charge is 0.303 e. The Morgan fingerprint density at radius 1 is 1.03 bits per heavy atom. The number of carboxylic acid groups (broad SMARTS) is 1. The zero-order chi connectivity index (χ0) is 27.4. The van der Waals surface area contributed by atoms with Gasteiger partial charge in [0.15, 0.2) is 0 Å². The maximum atomic E-state index is 13.6. The van der Waals surface area contributed by atoms with E-state index in [1.807, 2.05) is 36.4 Å². The van der Waals surface area contributed by atoms with Crippen molar-refractivity contribution in [1.29, 1.82) is 0 Å². The second-order valence-corrected chi connectivity index (χ2v) is 9.63. The normalized spacial score (nSPS) is 11.8. The molecular formula is C31H36N3O4+. The van der Waals surface area contributed by atoms with E-state index in [0.717, 1.165) is 68.7 Å². The molecule has 0 saturated heterocycles. The van der Waals surface area contributed by atoms with E-state index in [-0.39, 0.29) is 12.3 Å². The van der Waals surface area contributed by atoms with Gasteiger partial charge in [-0.05, 0) is 63.4 Å². The number of carbonyl (C=O) groups is 2. The highest BCUT2D eigenvalue weighted by molar-refractivity contribution is 6.09. The van der Waals surface area contributed by atoms with Crippen molar-refractivity contribution >= 4 is 28.5 Å². The number of anilines is 1. The summed E-state index contributed by atoms with van der Waals surface area (Å²) < 4.78 is 6.48. The largest absolute Gasteiger partial charge is 0.481 e. The second-order valence-electron chi connectivity index (χ2n) is 9.63. The van der Waals surface area contributed by atoms with Crippen LogP contribution >= 0.6 is 0 Å². The third-order valence-electron chi connectivity index (χ3n) is 6.80. The van der Waals surface area contributed by atoms with Crippen LogP contribution in [0, 0.1) is 13.8 Å². The summed E-state index contributed by atoms with van der Waals surface area (Å²) in [5.41, 5.74) is 7.19. The minimum absolute atomic E-state index is 0.0234. The lowest BCUT2D eigenvalue weighted by Gasteiger charge is -2.22. The molecule has 3 N–H and O–H groups in total. The number of benzene rings is 3. The molecule has 0 fully saturated rings. The first kappa shape index (κ1) is 26.9. The summed E-state index contributed by atoms with van der Waals surface area (Å²) in [7, 11) is 1.72. The van der Waals surface area contributed by atoms with Crippen molar-refractivity contribution in [1.82, 2.24) is 4.90 Å². The molecule has 1 aliphatic heterocycles. The molecular weight excluding hydrogens is 478 g/mol. The number of carbonyl (C=O) groups excluding carboxylic acids is 1. The van der Waals surface area contributed by atoms with Crippen LogP contribution in [-0.4, -0.2) is 48.6 Å². The molecule has 7 nitrogen and oxygen atoms in total. The minimum atomic E-state index is -0.864. The molecule has 1 amide bonds. The Hall–Kier alpha value is -4.13. The first-order valence-electron chi connectivity index (χ1n) is 13.1. The number of aliphatic carboxylic acids is 1. The maximum Gasteiger partial charge on any atom is 0.303 e. The van der Waals surface area contributed by atoms with Crippen LogP contribution in [0.3, 0.4) is 0 Å². The Morgan fingerprint density at radius 2 is 1.79 bits per heavy atom. The summed E-state index contributed by atoms with van der Waals surface area (Å²) in [5, 5.41) is 14.4. The fourth-order valence-electron chi connectivity index (χ4n) is 4.91. The zero-order valence-electron chi connectivity index (χ0n) is 22.8. The van der Waals surface area contributed by atoms with Gasteiger partial charge in [0.05, 0.1) is 6.07 Å². The highest BCUT2D eigenvalue weighted by Gasteiger charge is 2.24. The molecule has 2 aliphatic rings. The number of hydrogen-bond donors (Lipinski definition) is 3. The van der Waals surface area contributed by atoms with E-state index >= 15 is 0 Å². The highest BCUT2D eigenvalue weighted by Crippen LogP contribution is 2.43. The van der Waals surface area contributed by atoms with Gasteiger partial charge in [-0.2, -0.15) is 0 Å². The van der Waals surface area contributed by atoms with E-state index in [1.165, 1.54) is 0 Å². The number of rotatable bonds is 9. The SMILES string of the molecule is CCNc1cc2oc3cc(=[NH+]CC)c(C)cc-3c(-c3ccccc3C(=O)N(C)CCCC(=O)O)c2cc1C. The first-order chi connectivity index (χ1) is 18.2. The minimum Gasteiger partial charge on any atom is -0.481 e. The molecule has 7 heteroatoms. The molecule has 0 unspecified atom stereocenters. The van der Waals surface area contributed by atoms with E-state index in [1.54, 1.807) is 11.9 Å². The summed E-state index contributed by atoms with van der Waals surface area (Å²) >= 11 is 0. The van der Waals surface area contributed by atoms with Crippen molar-refractivity contribution < 1.29 is 24.1 Å². The third-order valence-corrected chi connectivity index (χ3v) is 6.80. The Morgan fingerprint density at radius 3 is 2.50 bits per heavy atom. The third kappa shape index (κ3) is 5.42. The zero-order valence-corrected chi connectivity index (χ0v) is 22.8. The molecule has 198 valence electrons. The predicted octanol–water partition coefficient (Wildman–Crippen LogP) is 4.19. The van der Waals surface area contributed by atoms with Gasteiger partial charge in [0.2, 0.25) is 5.36 Å². The summed E-state index contributed by atoms with van der Waals surface area (Å²) in [6.07, 6.45) is 0.421. The molecule has 0 saturated carbocycles. The average molecular weight is 515 g/mol. The van der Waals surface area contributed by atoms with Crippen molar-refractivity contribution in [3.8, 4) is 22.5 Å². The maximum absolute atomic E-state index is 13.6. The van der Waals surface area contributed by atoms with Gasteiger partial charge in [0.1, 0.15) is 17.9 Å². The van der Waals surface area contributed by atoms with Gasteiger partial charge in [0.25, 0.3) is 5.91 Å². The number of nitrogens with zero attached hydrogens (tertiary/aromatic N) is 1. The molecule has 4 rings (SSSR count). The lowest BCUT2D eigenvalue weighted by atomic mass is 9.89. The summed E-state index contributed by atoms with van der Waals surface area (Å²) in [4.78, 5) is 29.6. The van der Waals surface area contributed by atoms with Gasteiger partial charge >= 0.3 is 5.97 Å². The van der Waals surface area contributed by atoms with Crippen molar-refractivity contribution in [2.24, 2.45) is 0 Å². The quantitative estimate of drug-likeness (QED) is 0.291. The van der Waals surface area contributed by atoms with Crippen LogP contribution in [0.2, 0.25) is 0 Å². The van der Waals surface area contributed by atoms with Crippen LogP contribution in [0.1, 0.15) is 48.2 Å². The van der Waals surface area contributed by atoms with Crippen molar-refractivity contribution in [3.63, 3.8) is 0 Å². The first-order valence-corrected chi connectivity index (χ1v) is 13.1. The number of nitrogens with one attached hydrogen (secondary N) is 2. The van der Waals surface area contributed by atoms with Crippen LogP contribution in [0.15, 0.2) is 52.9 Å². The lowest BCUT2D eigenvalue weighted by Crippen LogP contribution is -2.76. The number of hydrogen-bond acceptors (Lipinski definition) is 4. The molecule has 1 aliphatic carbocycles. The summed E-state index contributed by atoms with van der Waals surface area (Å²) in [5.74, 6) is -0.274. The van der Waals surface area contributed by atoms with Crippen molar-refractivity contribution in [2.75, 3.05) is 32.0 Å². The van der Waals surface area contributed by atoms with E-state index in [4.69, 9.17) is 9.52 Å². The molecule has 1 heterocycles. The van der Waals surface area contributed by atoms with E-state index in [0.29, 0.717) is 18.5 Å². The topological polar surface area (TPSA) is 96.8 Å². The van der Waals surface area contributed by atoms with Gasteiger partial charge < -0.3 is 19.7 Å². The van der Waals surface area contributed by atoms with Gasteiger partial charge in [0, 0.05) is 66.0 Å². The fourth-order valence-corrected chi connectivity index (χ4v) is 4.91. The number of amides is 1. The Bertz CT molecular complexity index is 1540. The molecule has 38 heavy (non-hydrogen) atoms. The average Bonchev–Trinajstić information content (AvgIpc) is 2.88. The van der Waals surface area contributed by atoms with Gasteiger partial charge in [-0.15, -0.1) is 0 Å². The van der Waals surface area contributed by atoms with Crippen LogP contribution in [0.5, 0.6) is 0 Å². The van der Waals surface area contributed by atoms with Gasteiger partial charge in [-0.1, -0.05) is 18.2 Å². The van der Waals surface area contributed by atoms with E-state index < -0.39 is 5.97 Å².